The minimum absolute atomic E-state index is 0.0320. The molecule has 21 heavy (non-hydrogen) atoms. The van der Waals surface area contributed by atoms with Crippen LogP contribution < -0.4 is 5.32 Å². The quantitative estimate of drug-likeness (QED) is 0.902. The molecule has 1 aromatic rings. The highest BCUT2D eigenvalue weighted by Gasteiger charge is 2.36. The standard InChI is InChI=1S/C18H26N2O/c1-14(15-7-3-2-4-8-15)18(21)20(17-10-11-17)13-16-9-5-6-12-19-16/h2-4,7-8,14,16-17,19H,5-6,9-13H2,1H3. The summed E-state index contributed by atoms with van der Waals surface area (Å²) in [5, 5.41) is 3.57. The Morgan fingerprint density at radius 3 is 2.62 bits per heavy atom. The van der Waals surface area contributed by atoms with E-state index in [1.54, 1.807) is 0 Å². The number of carbonyl (C=O) groups excluding carboxylic acids is 1. The van der Waals surface area contributed by atoms with Gasteiger partial charge >= 0.3 is 0 Å². The van der Waals surface area contributed by atoms with Crippen LogP contribution in [0.1, 0.15) is 50.5 Å². The smallest absolute Gasteiger partial charge is 0.230 e. The van der Waals surface area contributed by atoms with Crippen LogP contribution in [-0.4, -0.2) is 36.0 Å². The summed E-state index contributed by atoms with van der Waals surface area (Å²) >= 11 is 0. The van der Waals surface area contributed by atoms with E-state index in [4.69, 9.17) is 0 Å². The second-order valence-corrected chi connectivity index (χ2v) is 6.50. The Hall–Kier alpha value is -1.35. The van der Waals surface area contributed by atoms with Crippen molar-refractivity contribution in [2.45, 2.75) is 57.0 Å². The highest BCUT2D eigenvalue weighted by atomic mass is 16.2. The van der Waals surface area contributed by atoms with Gasteiger partial charge in [-0.25, -0.2) is 0 Å². The maximum Gasteiger partial charge on any atom is 0.230 e. The SMILES string of the molecule is CC(C(=O)N(CC1CCCCN1)C1CC1)c1ccccc1. The summed E-state index contributed by atoms with van der Waals surface area (Å²) in [6, 6.07) is 11.1. The third-order valence-corrected chi connectivity index (χ3v) is 4.77. The predicted octanol–water partition coefficient (Wildman–Crippen LogP) is 2.92. The molecule has 0 radical (unpaired) electrons. The number of nitrogens with one attached hydrogen (secondary N) is 1. The van der Waals surface area contributed by atoms with Gasteiger partial charge in [0.25, 0.3) is 0 Å². The zero-order valence-electron chi connectivity index (χ0n) is 12.9. The first kappa shape index (κ1) is 14.6. The van der Waals surface area contributed by atoms with Crippen molar-refractivity contribution in [2.75, 3.05) is 13.1 Å². The molecule has 1 heterocycles. The first-order valence-electron chi connectivity index (χ1n) is 8.34. The van der Waals surface area contributed by atoms with Gasteiger partial charge in [-0.05, 0) is 44.7 Å². The topological polar surface area (TPSA) is 32.3 Å². The molecule has 114 valence electrons. The maximum atomic E-state index is 12.9. The number of carbonyl (C=O) groups is 1. The van der Waals surface area contributed by atoms with Gasteiger partial charge in [0.05, 0.1) is 5.92 Å². The van der Waals surface area contributed by atoms with Crippen molar-refractivity contribution in [3.8, 4) is 0 Å². The van der Waals surface area contributed by atoms with Gasteiger partial charge in [-0.3, -0.25) is 4.79 Å². The minimum atomic E-state index is -0.0320. The summed E-state index contributed by atoms with van der Waals surface area (Å²) in [4.78, 5) is 15.1. The molecule has 1 aromatic carbocycles. The molecule has 1 amide bonds. The number of nitrogens with zero attached hydrogens (tertiary/aromatic N) is 1. The molecular weight excluding hydrogens is 260 g/mol. The van der Waals surface area contributed by atoms with E-state index < -0.39 is 0 Å². The van der Waals surface area contributed by atoms with Crippen molar-refractivity contribution in [3.05, 3.63) is 35.9 Å². The fourth-order valence-electron chi connectivity index (χ4n) is 3.26. The van der Waals surface area contributed by atoms with E-state index in [1.165, 1.54) is 32.1 Å². The molecule has 1 saturated heterocycles. The molecule has 0 bridgehead atoms. The highest BCUT2D eigenvalue weighted by molar-refractivity contribution is 5.84. The summed E-state index contributed by atoms with van der Waals surface area (Å²) in [5.41, 5.74) is 1.13. The van der Waals surface area contributed by atoms with Gasteiger partial charge in [0.2, 0.25) is 5.91 Å². The molecule has 1 aliphatic carbocycles. The molecule has 2 fully saturated rings. The number of rotatable bonds is 5. The lowest BCUT2D eigenvalue weighted by molar-refractivity contribution is -0.133. The van der Waals surface area contributed by atoms with Crippen LogP contribution in [0.4, 0.5) is 0 Å². The Labute approximate surface area is 127 Å². The van der Waals surface area contributed by atoms with Crippen molar-refractivity contribution >= 4 is 5.91 Å². The Bertz CT molecular complexity index is 463. The van der Waals surface area contributed by atoms with Gasteiger partial charge in [-0.2, -0.15) is 0 Å². The number of benzene rings is 1. The van der Waals surface area contributed by atoms with Crippen molar-refractivity contribution in [2.24, 2.45) is 0 Å². The largest absolute Gasteiger partial charge is 0.338 e. The van der Waals surface area contributed by atoms with Gasteiger partial charge in [0.1, 0.15) is 0 Å². The van der Waals surface area contributed by atoms with Gasteiger partial charge < -0.3 is 10.2 Å². The number of hydrogen-bond acceptors (Lipinski definition) is 2. The summed E-state index contributed by atoms with van der Waals surface area (Å²) in [5.74, 6) is 0.270. The van der Waals surface area contributed by atoms with Crippen molar-refractivity contribution in [1.82, 2.24) is 10.2 Å². The Balaban J connectivity index is 1.66. The average molecular weight is 286 g/mol. The van der Waals surface area contributed by atoms with Crippen LogP contribution in [0.15, 0.2) is 30.3 Å². The number of piperidine rings is 1. The number of hydrogen-bond donors (Lipinski definition) is 1. The second-order valence-electron chi connectivity index (χ2n) is 6.50. The molecule has 0 spiro atoms. The average Bonchev–Trinajstić information content (AvgIpc) is 3.38. The van der Waals surface area contributed by atoms with E-state index in [0.717, 1.165) is 18.7 Å². The first-order chi connectivity index (χ1) is 10.3. The molecule has 1 aliphatic heterocycles. The fourth-order valence-corrected chi connectivity index (χ4v) is 3.26. The van der Waals surface area contributed by atoms with Crippen LogP contribution in [0.3, 0.4) is 0 Å². The molecule has 0 aromatic heterocycles. The third kappa shape index (κ3) is 3.65. The molecule has 1 N–H and O–H groups in total. The van der Waals surface area contributed by atoms with Crippen LogP contribution in [0.5, 0.6) is 0 Å². The van der Waals surface area contributed by atoms with Crippen molar-refractivity contribution in [3.63, 3.8) is 0 Å². The fraction of sp³-hybridized carbons (Fsp3) is 0.611. The van der Waals surface area contributed by atoms with Crippen molar-refractivity contribution in [1.29, 1.82) is 0 Å². The molecule has 2 atom stereocenters. The summed E-state index contributed by atoms with van der Waals surface area (Å²) in [6.45, 7) is 4.04. The van der Waals surface area contributed by atoms with Gasteiger partial charge in [0.15, 0.2) is 0 Å². The van der Waals surface area contributed by atoms with E-state index in [-0.39, 0.29) is 5.92 Å². The van der Waals surface area contributed by atoms with E-state index in [1.807, 2.05) is 25.1 Å². The minimum Gasteiger partial charge on any atom is -0.338 e. The lowest BCUT2D eigenvalue weighted by Crippen LogP contribution is -2.47. The zero-order valence-corrected chi connectivity index (χ0v) is 12.9. The van der Waals surface area contributed by atoms with E-state index in [9.17, 15) is 4.79 Å². The molecular formula is C18H26N2O. The lowest BCUT2D eigenvalue weighted by atomic mass is 9.98. The van der Waals surface area contributed by atoms with Crippen LogP contribution >= 0.6 is 0 Å². The third-order valence-electron chi connectivity index (χ3n) is 4.77. The predicted molar refractivity (Wildman–Crippen MR) is 85.2 cm³/mol. The molecule has 2 aliphatic rings. The summed E-state index contributed by atoms with van der Waals surface area (Å²) < 4.78 is 0. The lowest BCUT2D eigenvalue weighted by Gasteiger charge is -2.32. The second kappa shape index (κ2) is 6.61. The van der Waals surface area contributed by atoms with Crippen LogP contribution in [0.2, 0.25) is 0 Å². The molecule has 3 nitrogen and oxygen atoms in total. The Morgan fingerprint density at radius 2 is 2.00 bits per heavy atom. The van der Waals surface area contributed by atoms with E-state index in [0.29, 0.717) is 18.0 Å². The Morgan fingerprint density at radius 1 is 1.24 bits per heavy atom. The van der Waals surface area contributed by atoms with E-state index >= 15 is 0 Å². The van der Waals surface area contributed by atoms with Gasteiger partial charge in [-0.15, -0.1) is 0 Å². The molecule has 2 unspecified atom stereocenters. The van der Waals surface area contributed by atoms with E-state index in [2.05, 4.69) is 22.3 Å². The van der Waals surface area contributed by atoms with Gasteiger partial charge in [-0.1, -0.05) is 36.8 Å². The first-order valence-corrected chi connectivity index (χ1v) is 8.34. The van der Waals surface area contributed by atoms with Crippen LogP contribution in [0, 0.1) is 0 Å². The monoisotopic (exact) mass is 286 g/mol. The summed E-state index contributed by atoms with van der Waals surface area (Å²) in [7, 11) is 0. The van der Waals surface area contributed by atoms with Crippen molar-refractivity contribution < 1.29 is 4.79 Å². The molecule has 1 saturated carbocycles. The normalized spacial score (nSPS) is 23.6. The molecule has 3 rings (SSSR count). The molecule has 3 heteroatoms. The van der Waals surface area contributed by atoms with Gasteiger partial charge in [0, 0.05) is 18.6 Å². The van der Waals surface area contributed by atoms with Crippen LogP contribution in [-0.2, 0) is 4.79 Å². The Kier molecular flexibility index (Phi) is 4.59. The maximum absolute atomic E-state index is 12.9. The highest BCUT2D eigenvalue weighted by Crippen LogP contribution is 2.31. The zero-order chi connectivity index (χ0) is 14.7. The number of amides is 1. The summed E-state index contributed by atoms with van der Waals surface area (Å²) in [6.07, 6.45) is 6.13. The van der Waals surface area contributed by atoms with Crippen LogP contribution in [0.25, 0.3) is 0 Å².